The smallest absolute Gasteiger partial charge is 0.339 e. The summed E-state index contributed by atoms with van der Waals surface area (Å²) in [5, 5.41) is 0. The summed E-state index contributed by atoms with van der Waals surface area (Å²) >= 11 is 0. The summed E-state index contributed by atoms with van der Waals surface area (Å²) in [5.74, 6) is -0.263. The fourth-order valence-electron chi connectivity index (χ4n) is 1.99. The molecule has 0 bridgehead atoms. The van der Waals surface area contributed by atoms with Gasteiger partial charge in [0.25, 0.3) is 0 Å². The SMILES string of the molecule is CCOC(=O)c1ccn(-c2cccc(C)c2)c1C. The summed E-state index contributed by atoms with van der Waals surface area (Å²) in [6, 6.07) is 9.97. The minimum atomic E-state index is -0.263. The number of benzene rings is 1. The van der Waals surface area contributed by atoms with Crippen LogP contribution in [0.3, 0.4) is 0 Å². The molecule has 1 aromatic carbocycles. The zero-order chi connectivity index (χ0) is 13.1. The first-order chi connectivity index (χ1) is 8.63. The largest absolute Gasteiger partial charge is 0.462 e. The molecule has 3 nitrogen and oxygen atoms in total. The highest BCUT2D eigenvalue weighted by atomic mass is 16.5. The Balaban J connectivity index is 2.39. The van der Waals surface area contributed by atoms with Gasteiger partial charge in [0.2, 0.25) is 0 Å². The molecule has 1 heterocycles. The van der Waals surface area contributed by atoms with E-state index in [-0.39, 0.29) is 5.97 Å². The molecule has 0 amide bonds. The molecule has 0 saturated heterocycles. The highest BCUT2D eigenvalue weighted by Crippen LogP contribution is 2.18. The molecule has 0 spiro atoms. The quantitative estimate of drug-likeness (QED) is 0.775. The zero-order valence-electron chi connectivity index (χ0n) is 10.9. The Bertz CT molecular complexity index is 570. The van der Waals surface area contributed by atoms with Gasteiger partial charge < -0.3 is 9.30 Å². The first kappa shape index (κ1) is 12.4. The highest BCUT2D eigenvalue weighted by molar-refractivity contribution is 5.91. The third-order valence-corrected chi connectivity index (χ3v) is 2.92. The minimum absolute atomic E-state index is 0.263. The van der Waals surface area contributed by atoms with Crippen LogP contribution in [0.25, 0.3) is 5.69 Å². The molecule has 2 aromatic rings. The molecule has 0 atom stereocenters. The maximum Gasteiger partial charge on any atom is 0.339 e. The number of esters is 1. The molecule has 3 heteroatoms. The molecular formula is C15H17NO2. The number of hydrogen-bond donors (Lipinski definition) is 0. The summed E-state index contributed by atoms with van der Waals surface area (Å²) in [5.41, 5.74) is 3.78. The van der Waals surface area contributed by atoms with Crippen molar-refractivity contribution in [3.8, 4) is 5.69 Å². The van der Waals surface area contributed by atoms with Gasteiger partial charge in [0.05, 0.1) is 12.2 Å². The Labute approximate surface area is 107 Å². The van der Waals surface area contributed by atoms with Crippen LogP contribution in [0.1, 0.15) is 28.5 Å². The Hall–Kier alpha value is -2.03. The molecule has 0 aliphatic heterocycles. The monoisotopic (exact) mass is 243 g/mol. The maximum atomic E-state index is 11.7. The maximum absolute atomic E-state index is 11.7. The number of carbonyl (C=O) groups is 1. The Morgan fingerprint density at radius 2 is 2.06 bits per heavy atom. The van der Waals surface area contributed by atoms with E-state index in [0.29, 0.717) is 12.2 Å². The van der Waals surface area contributed by atoms with Gasteiger partial charge in [0, 0.05) is 17.6 Å². The van der Waals surface area contributed by atoms with Crippen LogP contribution < -0.4 is 0 Å². The van der Waals surface area contributed by atoms with Gasteiger partial charge in [0.1, 0.15) is 0 Å². The first-order valence-electron chi connectivity index (χ1n) is 6.05. The summed E-state index contributed by atoms with van der Waals surface area (Å²) in [7, 11) is 0. The first-order valence-corrected chi connectivity index (χ1v) is 6.05. The van der Waals surface area contributed by atoms with Crippen molar-refractivity contribution in [2.75, 3.05) is 6.61 Å². The van der Waals surface area contributed by atoms with E-state index in [2.05, 4.69) is 19.1 Å². The second kappa shape index (κ2) is 5.08. The number of aromatic nitrogens is 1. The van der Waals surface area contributed by atoms with E-state index in [1.165, 1.54) is 5.56 Å². The lowest BCUT2D eigenvalue weighted by atomic mass is 10.2. The van der Waals surface area contributed by atoms with Crippen molar-refractivity contribution in [1.29, 1.82) is 0 Å². The zero-order valence-corrected chi connectivity index (χ0v) is 10.9. The van der Waals surface area contributed by atoms with Gasteiger partial charge in [-0.1, -0.05) is 12.1 Å². The molecule has 2 rings (SSSR count). The summed E-state index contributed by atoms with van der Waals surface area (Å²) < 4.78 is 7.03. The van der Waals surface area contributed by atoms with Crippen molar-refractivity contribution in [2.24, 2.45) is 0 Å². The van der Waals surface area contributed by atoms with Gasteiger partial charge in [-0.25, -0.2) is 4.79 Å². The molecule has 94 valence electrons. The fraction of sp³-hybridized carbons (Fsp3) is 0.267. The molecule has 0 fully saturated rings. The number of rotatable bonds is 3. The Kier molecular flexibility index (Phi) is 3.51. The van der Waals surface area contributed by atoms with Crippen LogP contribution in [0, 0.1) is 13.8 Å². The molecule has 0 radical (unpaired) electrons. The fourth-order valence-corrected chi connectivity index (χ4v) is 1.99. The van der Waals surface area contributed by atoms with Gasteiger partial charge in [-0.05, 0) is 44.5 Å². The van der Waals surface area contributed by atoms with Crippen LogP contribution >= 0.6 is 0 Å². The van der Waals surface area contributed by atoms with Gasteiger partial charge in [0.15, 0.2) is 0 Å². The number of nitrogens with zero attached hydrogens (tertiary/aromatic N) is 1. The third-order valence-electron chi connectivity index (χ3n) is 2.92. The summed E-state index contributed by atoms with van der Waals surface area (Å²) in [4.78, 5) is 11.7. The molecule has 0 N–H and O–H groups in total. The predicted molar refractivity (Wildman–Crippen MR) is 71.2 cm³/mol. The van der Waals surface area contributed by atoms with Gasteiger partial charge in [-0.3, -0.25) is 0 Å². The van der Waals surface area contributed by atoms with E-state index >= 15 is 0 Å². The normalized spacial score (nSPS) is 10.4. The van der Waals surface area contributed by atoms with E-state index < -0.39 is 0 Å². The van der Waals surface area contributed by atoms with Gasteiger partial charge in [-0.2, -0.15) is 0 Å². The molecule has 1 aromatic heterocycles. The van der Waals surface area contributed by atoms with Crippen molar-refractivity contribution in [3.63, 3.8) is 0 Å². The lowest BCUT2D eigenvalue weighted by Gasteiger charge is -2.08. The van der Waals surface area contributed by atoms with Gasteiger partial charge >= 0.3 is 5.97 Å². The molecule has 18 heavy (non-hydrogen) atoms. The average Bonchev–Trinajstić information content (AvgIpc) is 2.71. The highest BCUT2D eigenvalue weighted by Gasteiger charge is 2.14. The van der Waals surface area contributed by atoms with Crippen molar-refractivity contribution >= 4 is 5.97 Å². The van der Waals surface area contributed by atoms with Crippen LogP contribution in [-0.2, 0) is 4.74 Å². The second-order valence-electron chi connectivity index (χ2n) is 4.24. The summed E-state index contributed by atoms with van der Waals surface area (Å²) in [6.45, 7) is 6.18. The molecule has 0 unspecified atom stereocenters. The molecule has 0 aliphatic rings. The van der Waals surface area contributed by atoms with Crippen molar-refractivity contribution < 1.29 is 9.53 Å². The second-order valence-corrected chi connectivity index (χ2v) is 4.24. The van der Waals surface area contributed by atoms with Crippen LogP contribution in [0.2, 0.25) is 0 Å². The third kappa shape index (κ3) is 2.30. The standard InChI is InChI=1S/C15H17NO2/c1-4-18-15(17)14-8-9-16(12(14)3)13-7-5-6-11(2)10-13/h5-10H,4H2,1-3H3. The predicted octanol–water partition coefficient (Wildman–Crippen LogP) is 3.27. The minimum Gasteiger partial charge on any atom is -0.462 e. The van der Waals surface area contributed by atoms with E-state index in [4.69, 9.17) is 4.74 Å². The van der Waals surface area contributed by atoms with E-state index in [9.17, 15) is 4.79 Å². The van der Waals surface area contributed by atoms with Crippen molar-refractivity contribution in [1.82, 2.24) is 4.57 Å². The van der Waals surface area contributed by atoms with Crippen LogP contribution in [0.5, 0.6) is 0 Å². The van der Waals surface area contributed by atoms with Crippen molar-refractivity contribution in [3.05, 3.63) is 53.3 Å². The Morgan fingerprint density at radius 3 is 2.72 bits per heavy atom. The number of ether oxygens (including phenoxy) is 1. The lowest BCUT2D eigenvalue weighted by molar-refractivity contribution is 0.0525. The topological polar surface area (TPSA) is 31.2 Å². The lowest BCUT2D eigenvalue weighted by Crippen LogP contribution is -2.06. The van der Waals surface area contributed by atoms with E-state index in [1.54, 1.807) is 6.07 Å². The Morgan fingerprint density at radius 1 is 1.28 bits per heavy atom. The molecule has 0 saturated carbocycles. The van der Waals surface area contributed by atoms with Gasteiger partial charge in [-0.15, -0.1) is 0 Å². The van der Waals surface area contributed by atoms with E-state index in [1.807, 2.05) is 36.7 Å². The average molecular weight is 243 g/mol. The van der Waals surface area contributed by atoms with Crippen LogP contribution in [0.15, 0.2) is 36.5 Å². The van der Waals surface area contributed by atoms with Crippen LogP contribution in [-0.4, -0.2) is 17.1 Å². The summed E-state index contributed by atoms with van der Waals surface area (Å²) in [6.07, 6.45) is 1.90. The number of aryl methyl sites for hydroxylation is 1. The van der Waals surface area contributed by atoms with Crippen LogP contribution in [0.4, 0.5) is 0 Å². The number of carbonyl (C=O) groups excluding carboxylic acids is 1. The number of hydrogen-bond acceptors (Lipinski definition) is 2. The molecular weight excluding hydrogens is 226 g/mol. The van der Waals surface area contributed by atoms with Crippen molar-refractivity contribution in [2.45, 2.75) is 20.8 Å². The van der Waals surface area contributed by atoms with E-state index in [0.717, 1.165) is 11.4 Å². The molecule has 0 aliphatic carbocycles.